The zero-order valence-electron chi connectivity index (χ0n) is 11.2. The Balaban J connectivity index is 2.97. The second-order valence-corrected chi connectivity index (χ2v) is 5.27. The summed E-state index contributed by atoms with van der Waals surface area (Å²) in [5.74, 6) is 1.11. The standard InChI is InChI=1S/C14H23NOS/c1-5-12(10-17-4)15(3)14-9-7-6-8-13(14)11(2)16/h6-9,11-12,16H,5,10H2,1-4H3. The number of para-hydroxylation sites is 1. The van der Waals surface area contributed by atoms with Crippen molar-refractivity contribution >= 4 is 17.4 Å². The van der Waals surface area contributed by atoms with Crippen LogP contribution in [0.15, 0.2) is 24.3 Å². The third kappa shape index (κ3) is 3.65. The molecule has 3 heteroatoms. The first-order valence-corrected chi connectivity index (χ1v) is 7.49. The molecule has 0 fully saturated rings. The van der Waals surface area contributed by atoms with E-state index < -0.39 is 6.10 Å². The smallest absolute Gasteiger partial charge is 0.0781 e. The summed E-state index contributed by atoms with van der Waals surface area (Å²) in [5, 5.41) is 9.81. The van der Waals surface area contributed by atoms with Crippen LogP contribution in [0.1, 0.15) is 31.9 Å². The molecule has 0 aliphatic heterocycles. The zero-order chi connectivity index (χ0) is 12.8. The SMILES string of the molecule is CCC(CSC)N(C)c1ccccc1C(C)O. The van der Waals surface area contributed by atoms with Gasteiger partial charge in [-0.1, -0.05) is 25.1 Å². The van der Waals surface area contributed by atoms with Crippen LogP contribution >= 0.6 is 11.8 Å². The van der Waals surface area contributed by atoms with E-state index in [4.69, 9.17) is 0 Å². The Morgan fingerprint density at radius 1 is 1.35 bits per heavy atom. The second kappa shape index (κ2) is 6.92. The minimum Gasteiger partial charge on any atom is -0.389 e. The van der Waals surface area contributed by atoms with Crippen molar-refractivity contribution in [2.24, 2.45) is 0 Å². The minimum atomic E-state index is -0.416. The van der Waals surface area contributed by atoms with Crippen molar-refractivity contribution in [2.75, 3.05) is 24.0 Å². The van der Waals surface area contributed by atoms with Gasteiger partial charge in [0.25, 0.3) is 0 Å². The third-order valence-corrected chi connectivity index (χ3v) is 3.86. The predicted molar refractivity (Wildman–Crippen MR) is 77.9 cm³/mol. The van der Waals surface area contributed by atoms with Gasteiger partial charge in [0, 0.05) is 30.1 Å². The Kier molecular flexibility index (Phi) is 5.86. The molecule has 1 aromatic carbocycles. The topological polar surface area (TPSA) is 23.5 Å². The van der Waals surface area contributed by atoms with Crippen molar-refractivity contribution < 1.29 is 5.11 Å². The molecule has 1 N–H and O–H groups in total. The van der Waals surface area contributed by atoms with Crippen molar-refractivity contribution in [1.82, 2.24) is 0 Å². The molecule has 0 amide bonds. The Bertz CT molecular complexity index is 341. The lowest BCUT2D eigenvalue weighted by Crippen LogP contribution is -2.33. The van der Waals surface area contributed by atoms with Gasteiger partial charge in [0.15, 0.2) is 0 Å². The number of aliphatic hydroxyl groups is 1. The van der Waals surface area contributed by atoms with Gasteiger partial charge in [-0.25, -0.2) is 0 Å². The van der Waals surface area contributed by atoms with Crippen molar-refractivity contribution in [2.45, 2.75) is 32.4 Å². The Morgan fingerprint density at radius 3 is 2.53 bits per heavy atom. The molecule has 17 heavy (non-hydrogen) atoms. The van der Waals surface area contributed by atoms with E-state index in [1.807, 2.05) is 36.9 Å². The fraction of sp³-hybridized carbons (Fsp3) is 0.571. The summed E-state index contributed by atoms with van der Waals surface area (Å²) >= 11 is 1.87. The molecule has 2 nitrogen and oxygen atoms in total. The lowest BCUT2D eigenvalue weighted by molar-refractivity contribution is 0.199. The summed E-state index contributed by atoms with van der Waals surface area (Å²) in [6.07, 6.45) is 2.84. The summed E-state index contributed by atoms with van der Waals surface area (Å²) in [6.45, 7) is 4.03. The van der Waals surface area contributed by atoms with Crippen LogP contribution in [0.25, 0.3) is 0 Å². The van der Waals surface area contributed by atoms with E-state index in [0.717, 1.165) is 23.4 Å². The van der Waals surface area contributed by atoms with Gasteiger partial charge in [-0.05, 0) is 25.7 Å². The molecule has 1 rings (SSSR count). The molecule has 0 aliphatic rings. The maximum atomic E-state index is 9.81. The van der Waals surface area contributed by atoms with E-state index in [2.05, 4.69) is 31.2 Å². The predicted octanol–water partition coefficient (Wildman–Crippen LogP) is 3.32. The minimum absolute atomic E-state index is 0.416. The number of benzene rings is 1. The van der Waals surface area contributed by atoms with E-state index in [1.54, 1.807) is 0 Å². The maximum absolute atomic E-state index is 9.81. The number of rotatable bonds is 6. The van der Waals surface area contributed by atoms with Crippen LogP contribution in [0.3, 0.4) is 0 Å². The van der Waals surface area contributed by atoms with E-state index in [0.29, 0.717) is 6.04 Å². The van der Waals surface area contributed by atoms with Gasteiger partial charge in [-0.3, -0.25) is 0 Å². The molecule has 0 heterocycles. The molecular formula is C14H23NOS. The quantitative estimate of drug-likeness (QED) is 0.841. The number of anilines is 1. The Hall–Kier alpha value is -0.670. The van der Waals surface area contributed by atoms with Crippen LogP contribution < -0.4 is 4.90 Å². The van der Waals surface area contributed by atoms with Gasteiger partial charge in [0.2, 0.25) is 0 Å². The second-order valence-electron chi connectivity index (χ2n) is 4.36. The number of nitrogens with zero attached hydrogens (tertiary/aromatic N) is 1. The number of aliphatic hydroxyl groups excluding tert-OH is 1. The van der Waals surface area contributed by atoms with Crippen molar-refractivity contribution in [1.29, 1.82) is 0 Å². The van der Waals surface area contributed by atoms with Gasteiger partial charge < -0.3 is 10.0 Å². The van der Waals surface area contributed by atoms with Crippen molar-refractivity contribution in [3.05, 3.63) is 29.8 Å². The monoisotopic (exact) mass is 253 g/mol. The van der Waals surface area contributed by atoms with Gasteiger partial charge in [0.05, 0.1) is 6.10 Å². The van der Waals surface area contributed by atoms with Gasteiger partial charge in [-0.2, -0.15) is 11.8 Å². The first kappa shape index (κ1) is 14.4. The molecule has 0 saturated carbocycles. The van der Waals surface area contributed by atoms with Gasteiger partial charge >= 0.3 is 0 Å². The lowest BCUT2D eigenvalue weighted by Gasteiger charge is -2.31. The molecule has 0 saturated heterocycles. The highest BCUT2D eigenvalue weighted by atomic mass is 32.2. The Morgan fingerprint density at radius 2 is 2.00 bits per heavy atom. The summed E-state index contributed by atoms with van der Waals surface area (Å²) in [5.41, 5.74) is 2.15. The number of thioether (sulfide) groups is 1. The molecule has 2 unspecified atom stereocenters. The third-order valence-electron chi connectivity index (χ3n) is 3.14. The molecule has 1 aromatic rings. The van der Waals surface area contributed by atoms with Gasteiger partial charge in [0.1, 0.15) is 0 Å². The molecule has 0 aliphatic carbocycles. The average molecular weight is 253 g/mol. The van der Waals surface area contributed by atoms with Crippen molar-refractivity contribution in [3.8, 4) is 0 Å². The van der Waals surface area contributed by atoms with Crippen molar-refractivity contribution in [3.63, 3.8) is 0 Å². The van der Waals surface area contributed by atoms with Crippen LogP contribution in [0.5, 0.6) is 0 Å². The highest BCUT2D eigenvalue weighted by Gasteiger charge is 2.17. The van der Waals surface area contributed by atoms with E-state index >= 15 is 0 Å². The van der Waals surface area contributed by atoms with E-state index in [1.165, 1.54) is 0 Å². The van der Waals surface area contributed by atoms with E-state index in [9.17, 15) is 5.11 Å². The summed E-state index contributed by atoms with van der Waals surface area (Å²) < 4.78 is 0. The molecular weight excluding hydrogens is 230 g/mol. The molecule has 96 valence electrons. The summed E-state index contributed by atoms with van der Waals surface area (Å²) in [4.78, 5) is 2.29. The van der Waals surface area contributed by atoms with Crippen LogP contribution in [-0.4, -0.2) is 30.2 Å². The first-order valence-electron chi connectivity index (χ1n) is 6.10. The highest BCUT2D eigenvalue weighted by molar-refractivity contribution is 7.98. The number of hydrogen-bond acceptors (Lipinski definition) is 3. The zero-order valence-corrected chi connectivity index (χ0v) is 12.0. The van der Waals surface area contributed by atoms with E-state index in [-0.39, 0.29) is 0 Å². The molecule has 2 atom stereocenters. The van der Waals surface area contributed by atoms with Gasteiger partial charge in [-0.15, -0.1) is 0 Å². The fourth-order valence-corrected chi connectivity index (χ4v) is 2.90. The fourth-order valence-electron chi connectivity index (χ4n) is 2.05. The molecule has 0 radical (unpaired) electrons. The molecule has 0 spiro atoms. The van der Waals surface area contributed by atoms with Crippen LogP contribution in [0.2, 0.25) is 0 Å². The normalized spacial score (nSPS) is 14.4. The Labute approximate surface area is 109 Å². The largest absolute Gasteiger partial charge is 0.389 e. The first-order chi connectivity index (χ1) is 8.11. The highest BCUT2D eigenvalue weighted by Crippen LogP contribution is 2.27. The molecule has 0 aromatic heterocycles. The van der Waals surface area contributed by atoms with Crippen LogP contribution in [-0.2, 0) is 0 Å². The molecule has 0 bridgehead atoms. The van der Waals surface area contributed by atoms with Crippen LogP contribution in [0, 0.1) is 0 Å². The summed E-state index contributed by atoms with van der Waals surface area (Å²) in [7, 11) is 2.12. The lowest BCUT2D eigenvalue weighted by atomic mass is 10.1. The number of hydrogen-bond donors (Lipinski definition) is 1. The van der Waals surface area contributed by atoms with Crippen LogP contribution in [0.4, 0.5) is 5.69 Å². The maximum Gasteiger partial charge on any atom is 0.0781 e. The average Bonchev–Trinajstić information content (AvgIpc) is 2.35. The summed E-state index contributed by atoms with van der Waals surface area (Å²) in [6, 6.07) is 8.62.